The second-order valence-electron chi connectivity index (χ2n) is 5.10. The summed E-state index contributed by atoms with van der Waals surface area (Å²) in [6, 6.07) is 13.6. The van der Waals surface area contributed by atoms with Crippen LogP contribution in [-0.2, 0) is 4.79 Å². The van der Waals surface area contributed by atoms with Gasteiger partial charge in [-0.1, -0.05) is 36.7 Å². The molecule has 0 fully saturated rings. The third-order valence-electron chi connectivity index (χ3n) is 3.15. The summed E-state index contributed by atoms with van der Waals surface area (Å²) in [7, 11) is 0. The number of amides is 2. The van der Waals surface area contributed by atoms with E-state index in [1.54, 1.807) is 48.5 Å². The highest BCUT2D eigenvalue weighted by molar-refractivity contribution is 6.30. The third-order valence-corrected chi connectivity index (χ3v) is 3.38. The minimum Gasteiger partial charge on any atom is -0.484 e. The quantitative estimate of drug-likeness (QED) is 0.806. The largest absolute Gasteiger partial charge is 0.484 e. The number of hydrogen-bond acceptors (Lipinski definition) is 3. The molecule has 0 spiro atoms. The van der Waals surface area contributed by atoms with Gasteiger partial charge in [0.25, 0.3) is 11.8 Å². The van der Waals surface area contributed by atoms with Gasteiger partial charge in [-0.2, -0.15) is 0 Å². The van der Waals surface area contributed by atoms with E-state index in [4.69, 9.17) is 16.3 Å². The van der Waals surface area contributed by atoms with Gasteiger partial charge in [0.05, 0.1) is 11.3 Å². The summed E-state index contributed by atoms with van der Waals surface area (Å²) < 4.78 is 5.39. The molecule has 126 valence electrons. The molecule has 6 heteroatoms. The average molecular weight is 347 g/mol. The number of ether oxygens (including phenoxy) is 1. The first-order valence-electron chi connectivity index (χ1n) is 7.65. The Labute approximate surface area is 146 Å². The average Bonchev–Trinajstić information content (AvgIpc) is 2.58. The highest BCUT2D eigenvalue weighted by Crippen LogP contribution is 2.18. The molecule has 2 rings (SSSR count). The fourth-order valence-corrected chi connectivity index (χ4v) is 2.20. The van der Waals surface area contributed by atoms with E-state index in [0.717, 1.165) is 6.42 Å². The van der Waals surface area contributed by atoms with Crippen molar-refractivity contribution in [3.05, 3.63) is 59.1 Å². The van der Waals surface area contributed by atoms with Crippen LogP contribution in [0.3, 0.4) is 0 Å². The number of carbonyl (C=O) groups excluding carboxylic acids is 2. The van der Waals surface area contributed by atoms with Gasteiger partial charge < -0.3 is 15.4 Å². The second-order valence-corrected chi connectivity index (χ2v) is 5.53. The zero-order valence-electron chi connectivity index (χ0n) is 13.3. The molecule has 2 amide bonds. The molecule has 0 aliphatic rings. The molecule has 0 aliphatic carbocycles. The van der Waals surface area contributed by atoms with Gasteiger partial charge in [0.15, 0.2) is 6.61 Å². The molecule has 0 atom stereocenters. The van der Waals surface area contributed by atoms with E-state index in [-0.39, 0.29) is 18.4 Å². The van der Waals surface area contributed by atoms with Crippen LogP contribution in [0.2, 0.25) is 5.02 Å². The van der Waals surface area contributed by atoms with Gasteiger partial charge in [-0.3, -0.25) is 9.59 Å². The van der Waals surface area contributed by atoms with Crippen molar-refractivity contribution >= 4 is 29.1 Å². The Morgan fingerprint density at radius 1 is 1.12 bits per heavy atom. The van der Waals surface area contributed by atoms with Gasteiger partial charge >= 0.3 is 0 Å². The zero-order valence-corrected chi connectivity index (χ0v) is 14.1. The number of carbonyl (C=O) groups is 2. The standard InChI is InChI=1S/C18H19ClN2O3/c1-2-10-20-18(23)15-8-3-4-9-16(15)21-17(22)12-24-14-7-5-6-13(19)11-14/h3-9,11H,2,10,12H2,1H3,(H,20,23)(H,21,22). The van der Waals surface area contributed by atoms with Gasteiger partial charge in [0, 0.05) is 11.6 Å². The first-order chi connectivity index (χ1) is 11.6. The predicted molar refractivity (Wildman–Crippen MR) is 94.6 cm³/mol. The Kier molecular flexibility index (Phi) is 6.63. The summed E-state index contributed by atoms with van der Waals surface area (Å²) in [6.45, 7) is 2.38. The number of anilines is 1. The van der Waals surface area contributed by atoms with Crippen LogP contribution >= 0.6 is 11.6 Å². The molecule has 0 aromatic heterocycles. The molecule has 0 heterocycles. The number of rotatable bonds is 7. The number of benzene rings is 2. The maximum atomic E-state index is 12.1. The van der Waals surface area contributed by atoms with E-state index < -0.39 is 0 Å². The smallest absolute Gasteiger partial charge is 0.262 e. The number of para-hydroxylation sites is 1. The zero-order chi connectivity index (χ0) is 17.4. The lowest BCUT2D eigenvalue weighted by Gasteiger charge is -2.12. The highest BCUT2D eigenvalue weighted by Gasteiger charge is 2.12. The molecule has 0 aliphatic heterocycles. The fraction of sp³-hybridized carbons (Fsp3) is 0.222. The Morgan fingerprint density at radius 3 is 2.67 bits per heavy atom. The van der Waals surface area contributed by atoms with Crippen molar-refractivity contribution in [2.45, 2.75) is 13.3 Å². The fourth-order valence-electron chi connectivity index (χ4n) is 2.02. The van der Waals surface area contributed by atoms with Gasteiger partial charge in [-0.05, 0) is 36.8 Å². The molecular weight excluding hydrogens is 328 g/mol. The molecule has 0 saturated heterocycles. The van der Waals surface area contributed by atoms with E-state index in [1.807, 2.05) is 6.92 Å². The van der Waals surface area contributed by atoms with E-state index in [2.05, 4.69) is 10.6 Å². The van der Waals surface area contributed by atoms with Crippen LogP contribution in [0, 0.1) is 0 Å². The predicted octanol–water partition coefficient (Wildman–Crippen LogP) is 3.50. The lowest BCUT2D eigenvalue weighted by atomic mass is 10.1. The molecule has 2 aromatic rings. The summed E-state index contributed by atoms with van der Waals surface area (Å²) in [5.74, 6) is -0.0687. The summed E-state index contributed by atoms with van der Waals surface area (Å²) >= 11 is 5.86. The van der Waals surface area contributed by atoms with Gasteiger partial charge in [0.1, 0.15) is 5.75 Å². The topological polar surface area (TPSA) is 67.4 Å². The van der Waals surface area contributed by atoms with Crippen LogP contribution in [0.15, 0.2) is 48.5 Å². The molecule has 0 bridgehead atoms. The summed E-state index contributed by atoms with van der Waals surface area (Å²) in [6.07, 6.45) is 0.841. The minimum absolute atomic E-state index is 0.175. The van der Waals surface area contributed by atoms with Gasteiger partial charge in [-0.15, -0.1) is 0 Å². The van der Waals surface area contributed by atoms with Crippen LogP contribution in [0.5, 0.6) is 5.75 Å². The lowest BCUT2D eigenvalue weighted by Crippen LogP contribution is -2.27. The van der Waals surface area contributed by atoms with Crippen LogP contribution in [0.4, 0.5) is 5.69 Å². The van der Waals surface area contributed by atoms with E-state index in [1.165, 1.54) is 0 Å². The van der Waals surface area contributed by atoms with Crippen molar-refractivity contribution in [2.75, 3.05) is 18.5 Å². The van der Waals surface area contributed by atoms with Gasteiger partial charge in [-0.25, -0.2) is 0 Å². The molecule has 2 N–H and O–H groups in total. The Morgan fingerprint density at radius 2 is 1.92 bits per heavy atom. The lowest BCUT2D eigenvalue weighted by molar-refractivity contribution is -0.118. The summed E-state index contributed by atoms with van der Waals surface area (Å²) in [4.78, 5) is 24.2. The summed E-state index contributed by atoms with van der Waals surface area (Å²) in [5, 5.41) is 6.02. The maximum absolute atomic E-state index is 12.1. The second kappa shape index (κ2) is 8.93. The Hall–Kier alpha value is -2.53. The van der Waals surface area contributed by atoms with E-state index >= 15 is 0 Å². The van der Waals surface area contributed by atoms with Crippen LogP contribution < -0.4 is 15.4 Å². The van der Waals surface area contributed by atoms with Crippen molar-refractivity contribution in [1.29, 1.82) is 0 Å². The number of hydrogen-bond donors (Lipinski definition) is 2. The SMILES string of the molecule is CCCNC(=O)c1ccccc1NC(=O)COc1cccc(Cl)c1. The molecular formula is C18H19ClN2O3. The van der Waals surface area contributed by atoms with Gasteiger partial charge in [0.2, 0.25) is 0 Å². The van der Waals surface area contributed by atoms with Crippen molar-refractivity contribution in [2.24, 2.45) is 0 Å². The molecule has 0 unspecified atom stereocenters. The van der Waals surface area contributed by atoms with E-state index in [9.17, 15) is 9.59 Å². The van der Waals surface area contributed by atoms with Crippen molar-refractivity contribution in [3.63, 3.8) is 0 Å². The molecule has 0 radical (unpaired) electrons. The molecule has 5 nitrogen and oxygen atoms in total. The van der Waals surface area contributed by atoms with Crippen molar-refractivity contribution in [1.82, 2.24) is 5.32 Å². The van der Waals surface area contributed by atoms with Crippen LogP contribution in [0.25, 0.3) is 0 Å². The molecule has 0 saturated carbocycles. The minimum atomic E-state index is -0.356. The first kappa shape index (κ1) is 17.8. The van der Waals surface area contributed by atoms with Crippen LogP contribution in [0.1, 0.15) is 23.7 Å². The third kappa shape index (κ3) is 5.28. The van der Waals surface area contributed by atoms with Crippen molar-refractivity contribution in [3.8, 4) is 5.75 Å². The monoisotopic (exact) mass is 346 g/mol. The first-order valence-corrected chi connectivity index (χ1v) is 8.03. The number of halogens is 1. The normalized spacial score (nSPS) is 10.1. The Bertz CT molecular complexity index is 719. The van der Waals surface area contributed by atoms with E-state index in [0.29, 0.717) is 28.6 Å². The maximum Gasteiger partial charge on any atom is 0.262 e. The highest BCUT2D eigenvalue weighted by atomic mass is 35.5. The Balaban J connectivity index is 1.97. The molecule has 24 heavy (non-hydrogen) atoms. The van der Waals surface area contributed by atoms with Crippen LogP contribution in [-0.4, -0.2) is 25.0 Å². The number of nitrogens with one attached hydrogen (secondary N) is 2. The van der Waals surface area contributed by atoms with Crippen molar-refractivity contribution < 1.29 is 14.3 Å². The summed E-state index contributed by atoms with van der Waals surface area (Å²) in [5.41, 5.74) is 0.868. The molecule has 2 aromatic carbocycles.